The van der Waals surface area contributed by atoms with Crippen LogP contribution in [0.4, 0.5) is 0 Å². The molecule has 1 saturated heterocycles. The smallest absolute Gasteiger partial charge is 0.220 e. The highest BCUT2D eigenvalue weighted by molar-refractivity contribution is 5.81. The van der Waals surface area contributed by atoms with Gasteiger partial charge in [-0.1, -0.05) is 0 Å². The molecule has 0 radical (unpaired) electrons. The number of piperidine rings is 1. The number of carbonyl (C=O) groups is 1. The predicted octanol–water partition coefficient (Wildman–Crippen LogP) is -0.454. The Morgan fingerprint density at radius 1 is 1.67 bits per heavy atom. The third kappa shape index (κ3) is 2.61. The van der Waals surface area contributed by atoms with Crippen LogP contribution in [0.15, 0.2) is 4.99 Å². The second kappa shape index (κ2) is 4.51. The summed E-state index contributed by atoms with van der Waals surface area (Å²) in [5.74, 6) is 1.13. The summed E-state index contributed by atoms with van der Waals surface area (Å²) in [4.78, 5) is 17.6. The van der Waals surface area contributed by atoms with Gasteiger partial charge < -0.3 is 15.5 Å². The molecule has 1 amide bonds. The molecule has 2 aliphatic heterocycles. The number of amides is 1. The summed E-state index contributed by atoms with van der Waals surface area (Å²) in [6.45, 7) is 2.64. The maximum absolute atomic E-state index is 11.2. The first-order valence-corrected chi connectivity index (χ1v) is 5.54. The average Bonchev–Trinajstić information content (AvgIpc) is 2.61. The van der Waals surface area contributed by atoms with Gasteiger partial charge in [-0.05, 0) is 12.8 Å². The lowest BCUT2D eigenvalue weighted by molar-refractivity contribution is -0.123. The molecular weight excluding hydrogens is 192 g/mol. The average molecular weight is 210 g/mol. The Hall–Kier alpha value is -1.26. The molecule has 0 spiro atoms. The van der Waals surface area contributed by atoms with Crippen LogP contribution in [0.2, 0.25) is 0 Å². The Labute approximate surface area is 89.9 Å². The van der Waals surface area contributed by atoms with Crippen molar-refractivity contribution in [2.45, 2.75) is 25.3 Å². The highest BCUT2D eigenvalue weighted by Gasteiger charge is 2.19. The number of likely N-dealkylation sites (N-methyl/N-ethyl adjacent to an activating group) is 1. The Morgan fingerprint density at radius 3 is 3.20 bits per heavy atom. The van der Waals surface area contributed by atoms with Gasteiger partial charge in [-0.15, -0.1) is 0 Å². The molecule has 0 aromatic heterocycles. The highest BCUT2D eigenvalue weighted by Crippen LogP contribution is 2.07. The monoisotopic (exact) mass is 210 g/mol. The molecule has 2 aliphatic rings. The van der Waals surface area contributed by atoms with Crippen LogP contribution in [0.5, 0.6) is 0 Å². The number of rotatable bonds is 2. The summed E-state index contributed by atoms with van der Waals surface area (Å²) >= 11 is 0. The number of nitrogens with one attached hydrogen (secondary N) is 2. The maximum Gasteiger partial charge on any atom is 0.220 e. The van der Waals surface area contributed by atoms with Crippen molar-refractivity contribution in [3.05, 3.63) is 0 Å². The summed E-state index contributed by atoms with van der Waals surface area (Å²) in [5, 5.41) is 6.26. The highest BCUT2D eigenvalue weighted by atomic mass is 16.1. The zero-order chi connectivity index (χ0) is 10.7. The molecule has 2 rings (SSSR count). The molecule has 84 valence electrons. The Kier molecular flexibility index (Phi) is 3.08. The fraction of sp³-hybridized carbons (Fsp3) is 0.800. The number of hydrogen-bond donors (Lipinski definition) is 2. The van der Waals surface area contributed by atoms with Gasteiger partial charge in [0.25, 0.3) is 0 Å². The maximum atomic E-state index is 11.2. The van der Waals surface area contributed by atoms with Gasteiger partial charge in [-0.3, -0.25) is 9.79 Å². The van der Waals surface area contributed by atoms with Crippen molar-refractivity contribution in [1.82, 2.24) is 15.5 Å². The minimum atomic E-state index is 0.176. The van der Waals surface area contributed by atoms with E-state index in [1.165, 1.54) is 0 Å². The van der Waals surface area contributed by atoms with Crippen molar-refractivity contribution in [1.29, 1.82) is 0 Å². The lowest BCUT2D eigenvalue weighted by Crippen LogP contribution is -2.48. The van der Waals surface area contributed by atoms with Crippen LogP contribution < -0.4 is 10.6 Å². The van der Waals surface area contributed by atoms with Crippen LogP contribution in [0.25, 0.3) is 0 Å². The Morgan fingerprint density at radius 2 is 2.53 bits per heavy atom. The van der Waals surface area contributed by atoms with E-state index in [1.54, 1.807) is 0 Å². The van der Waals surface area contributed by atoms with E-state index in [2.05, 4.69) is 20.5 Å². The van der Waals surface area contributed by atoms with E-state index >= 15 is 0 Å². The van der Waals surface area contributed by atoms with Crippen molar-refractivity contribution < 1.29 is 4.79 Å². The predicted molar refractivity (Wildman–Crippen MR) is 58.7 cm³/mol. The Balaban J connectivity index is 1.75. The largest absolute Gasteiger partial charge is 0.354 e. The summed E-state index contributed by atoms with van der Waals surface area (Å²) in [5.41, 5.74) is 0. The van der Waals surface area contributed by atoms with Crippen molar-refractivity contribution in [2.24, 2.45) is 4.99 Å². The second-order valence-corrected chi connectivity index (χ2v) is 4.16. The van der Waals surface area contributed by atoms with Gasteiger partial charge in [0, 0.05) is 32.6 Å². The minimum Gasteiger partial charge on any atom is -0.354 e. The molecule has 2 heterocycles. The summed E-state index contributed by atoms with van der Waals surface area (Å²) in [6, 6.07) is 0.267. The van der Waals surface area contributed by atoms with E-state index in [1.807, 2.05) is 7.05 Å². The topological polar surface area (TPSA) is 56.7 Å². The molecule has 1 unspecified atom stereocenters. The number of nitrogens with zero attached hydrogens (tertiary/aromatic N) is 2. The third-order valence-corrected chi connectivity index (χ3v) is 2.89. The summed E-state index contributed by atoms with van der Waals surface area (Å²) in [7, 11) is 2.03. The number of guanidine groups is 1. The SMILES string of the molecule is CN1CCN=C1NCC1CCCC(=O)N1. The van der Waals surface area contributed by atoms with E-state index in [-0.39, 0.29) is 11.9 Å². The van der Waals surface area contributed by atoms with E-state index in [0.717, 1.165) is 38.4 Å². The summed E-state index contributed by atoms with van der Waals surface area (Å²) < 4.78 is 0. The quantitative estimate of drug-likeness (QED) is 0.649. The van der Waals surface area contributed by atoms with Crippen molar-refractivity contribution in [2.75, 3.05) is 26.7 Å². The first-order valence-electron chi connectivity index (χ1n) is 5.54. The first kappa shape index (κ1) is 10.3. The van der Waals surface area contributed by atoms with Gasteiger partial charge in [-0.25, -0.2) is 0 Å². The summed E-state index contributed by atoms with van der Waals surface area (Å²) in [6.07, 6.45) is 2.74. The van der Waals surface area contributed by atoms with Crippen LogP contribution in [0, 0.1) is 0 Å². The van der Waals surface area contributed by atoms with Crippen LogP contribution in [-0.2, 0) is 4.79 Å². The fourth-order valence-electron chi connectivity index (χ4n) is 1.97. The van der Waals surface area contributed by atoms with Crippen LogP contribution in [-0.4, -0.2) is 49.5 Å². The van der Waals surface area contributed by atoms with Crippen molar-refractivity contribution in [3.63, 3.8) is 0 Å². The van der Waals surface area contributed by atoms with Gasteiger partial charge in [-0.2, -0.15) is 0 Å². The molecule has 0 aliphatic carbocycles. The van der Waals surface area contributed by atoms with E-state index in [9.17, 15) is 4.79 Å². The fourth-order valence-corrected chi connectivity index (χ4v) is 1.97. The molecule has 1 fully saturated rings. The van der Waals surface area contributed by atoms with Gasteiger partial charge in [0.15, 0.2) is 5.96 Å². The minimum absolute atomic E-state index is 0.176. The first-order chi connectivity index (χ1) is 7.25. The number of aliphatic imine (C=N–C) groups is 1. The van der Waals surface area contributed by atoms with Crippen LogP contribution in [0.1, 0.15) is 19.3 Å². The molecule has 2 N–H and O–H groups in total. The lowest BCUT2D eigenvalue weighted by atomic mass is 10.0. The van der Waals surface area contributed by atoms with E-state index in [4.69, 9.17) is 0 Å². The number of hydrogen-bond acceptors (Lipinski definition) is 4. The zero-order valence-corrected chi connectivity index (χ0v) is 9.12. The molecule has 5 heteroatoms. The van der Waals surface area contributed by atoms with Gasteiger partial charge in [0.05, 0.1) is 6.54 Å². The van der Waals surface area contributed by atoms with Gasteiger partial charge >= 0.3 is 0 Å². The standard InChI is InChI=1S/C10H18N4O/c1-14-6-5-11-10(14)12-7-8-3-2-4-9(15)13-8/h8H,2-7H2,1H3,(H,11,12)(H,13,15). The zero-order valence-electron chi connectivity index (χ0n) is 9.12. The van der Waals surface area contributed by atoms with E-state index in [0.29, 0.717) is 6.42 Å². The number of carbonyl (C=O) groups excluding carboxylic acids is 1. The van der Waals surface area contributed by atoms with Crippen molar-refractivity contribution >= 4 is 11.9 Å². The molecule has 0 bridgehead atoms. The van der Waals surface area contributed by atoms with Crippen LogP contribution >= 0.6 is 0 Å². The third-order valence-electron chi connectivity index (χ3n) is 2.89. The molecule has 1 atom stereocenters. The van der Waals surface area contributed by atoms with Gasteiger partial charge in [0.2, 0.25) is 5.91 Å². The molecule has 5 nitrogen and oxygen atoms in total. The van der Waals surface area contributed by atoms with Crippen LogP contribution in [0.3, 0.4) is 0 Å². The Bertz CT molecular complexity index is 277. The lowest BCUT2D eigenvalue weighted by Gasteiger charge is -2.25. The molecule has 15 heavy (non-hydrogen) atoms. The van der Waals surface area contributed by atoms with Crippen molar-refractivity contribution in [3.8, 4) is 0 Å². The second-order valence-electron chi connectivity index (χ2n) is 4.16. The normalized spacial score (nSPS) is 26.2. The molecular formula is C10H18N4O. The molecule has 0 saturated carbocycles. The molecule has 0 aromatic rings. The van der Waals surface area contributed by atoms with E-state index < -0.39 is 0 Å². The molecule has 0 aromatic carbocycles. The van der Waals surface area contributed by atoms with Gasteiger partial charge in [0.1, 0.15) is 0 Å².